The monoisotopic (exact) mass is 160 g/mol. The van der Waals surface area contributed by atoms with Gasteiger partial charge in [-0.25, -0.2) is 0 Å². The van der Waals surface area contributed by atoms with E-state index in [1.165, 1.54) is 11.1 Å². The van der Waals surface area contributed by atoms with Crippen molar-refractivity contribution in [1.82, 2.24) is 0 Å². The Kier molecular flexibility index (Phi) is 1.86. The normalized spacial score (nSPS) is 13.1. The van der Waals surface area contributed by atoms with Gasteiger partial charge in [0.15, 0.2) is 0 Å². The molecule has 0 aliphatic heterocycles. The van der Waals surface area contributed by atoms with Gasteiger partial charge < -0.3 is 4.74 Å². The molecule has 0 heterocycles. The molecule has 0 aromatic heterocycles. The van der Waals surface area contributed by atoms with Crippen LogP contribution in [-0.2, 0) is 6.42 Å². The first-order valence-corrected chi connectivity index (χ1v) is 4.33. The zero-order valence-corrected chi connectivity index (χ0v) is 7.21. The number of fused-ring (bicyclic) bond motifs is 1. The lowest BCUT2D eigenvalue weighted by Crippen LogP contribution is -1.94. The van der Waals surface area contributed by atoms with Gasteiger partial charge in [0.05, 0.1) is 6.61 Å². The first-order valence-electron chi connectivity index (χ1n) is 4.33. The lowest BCUT2D eigenvalue weighted by molar-refractivity contribution is 0.339. The molecule has 1 aromatic rings. The summed E-state index contributed by atoms with van der Waals surface area (Å²) < 4.78 is 5.50. The van der Waals surface area contributed by atoms with Crippen molar-refractivity contribution in [3.05, 3.63) is 35.4 Å². The van der Waals surface area contributed by atoms with Crippen LogP contribution in [0.3, 0.4) is 0 Å². The van der Waals surface area contributed by atoms with Crippen LogP contribution in [0.4, 0.5) is 0 Å². The highest BCUT2D eigenvalue weighted by atomic mass is 16.5. The van der Waals surface area contributed by atoms with Crippen LogP contribution in [-0.4, -0.2) is 6.61 Å². The SMILES string of the molecule is CCOc1cccc2c1C=CC2. The van der Waals surface area contributed by atoms with Crippen LogP contribution in [0.5, 0.6) is 5.75 Å². The smallest absolute Gasteiger partial charge is 0.126 e. The Labute approximate surface area is 72.7 Å². The van der Waals surface area contributed by atoms with E-state index < -0.39 is 0 Å². The standard InChI is InChI=1S/C11H12O/c1-2-12-11-8-4-6-9-5-3-7-10(9)11/h3-4,6-8H,2,5H2,1H3. The van der Waals surface area contributed by atoms with Gasteiger partial charge in [-0.05, 0) is 25.0 Å². The van der Waals surface area contributed by atoms with Gasteiger partial charge in [-0.3, -0.25) is 0 Å². The summed E-state index contributed by atoms with van der Waals surface area (Å²) in [6, 6.07) is 6.23. The summed E-state index contributed by atoms with van der Waals surface area (Å²) in [5.74, 6) is 1.02. The molecule has 0 fully saturated rings. The van der Waals surface area contributed by atoms with Crippen LogP contribution in [0.25, 0.3) is 6.08 Å². The number of rotatable bonds is 2. The van der Waals surface area contributed by atoms with Crippen LogP contribution >= 0.6 is 0 Å². The molecule has 1 aromatic carbocycles. The maximum Gasteiger partial charge on any atom is 0.126 e. The van der Waals surface area contributed by atoms with E-state index in [1.54, 1.807) is 0 Å². The average molecular weight is 160 g/mol. The Balaban J connectivity index is 2.41. The van der Waals surface area contributed by atoms with Crippen molar-refractivity contribution < 1.29 is 4.74 Å². The van der Waals surface area contributed by atoms with E-state index in [0.29, 0.717) is 0 Å². The third-order valence-corrected chi connectivity index (χ3v) is 2.08. The molecule has 0 amide bonds. The van der Waals surface area contributed by atoms with E-state index in [2.05, 4.69) is 24.3 Å². The molecular weight excluding hydrogens is 148 g/mol. The third kappa shape index (κ3) is 1.11. The second kappa shape index (κ2) is 3.02. The lowest BCUT2D eigenvalue weighted by Gasteiger charge is -2.07. The molecule has 0 saturated carbocycles. The molecule has 0 atom stereocenters. The van der Waals surface area contributed by atoms with Crippen LogP contribution in [0.2, 0.25) is 0 Å². The van der Waals surface area contributed by atoms with Crippen molar-refractivity contribution in [2.75, 3.05) is 6.61 Å². The van der Waals surface area contributed by atoms with E-state index in [1.807, 2.05) is 13.0 Å². The van der Waals surface area contributed by atoms with Crippen LogP contribution in [0.15, 0.2) is 24.3 Å². The highest BCUT2D eigenvalue weighted by molar-refractivity contribution is 5.65. The number of allylic oxidation sites excluding steroid dienone is 1. The lowest BCUT2D eigenvalue weighted by atomic mass is 10.1. The third-order valence-electron chi connectivity index (χ3n) is 2.08. The molecule has 1 aliphatic rings. The van der Waals surface area contributed by atoms with Crippen molar-refractivity contribution in [1.29, 1.82) is 0 Å². The minimum Gasteiger partial charge on any atom is -0.493 e. The summed E-state index contributed by atoms with van der Waals surface area (Å²) in [4.78, 5) is 0. The first-order chi connectivity index (χ1) is 5.92. The molecule has 2 rings (SSSR count). The zero-order chi connectivity index (χ0) is 8.39. The molecule has 0 spiro atoms. The fraction of sp³-hybridized carbons (Fsp3) is 0.273. The van der Waals surface area contributed by atoms with Gasteiger partial charge in [-0.1, -0.05) is 24.3 Å². The molecule has 0 N–H and O–H groups in total. The Morgan fingerprint density at radius 1 is 1.42 bits per heavy atom. The predicted octanol–water partition coefficient (Wildman–Crippen LogP) is 2.65. The van der Waals surface area contributed by atoms with Gasteiger partial charge in [-0.2, -0.15) is 0 Å². The quantitative estimate of drug-likeness (QED) is 0.646. The number of hydrogen-bond donors (Lipinski definition) is 0. The summed E-state index contributed by atoms with van der Waals surface area (Å²) in [7, 11) is 0. The van der Waals surface area contributed by atoms with E-state index in [9.17, 15) is 0 Å². The second-order valence-corrected chi connectivity index (χ2v) is 2.87. The summed E-state index contributed by atoms with van der Waals surface area (Å²) in [5.41, 5.74) is 2.64. The molecule has 1 nitrogen and oxygen atoms in total. The van der Waals surface area contributed by atoms with Gasteiger partial charge in [0.1, 0.15) is 5.75 Å². The van der Waals surface area contributed by atoms with E-state index >= 15 is 0 Å². The summed E-state index contributed by atoms with van der Waals surface area (Å²) in [6.45, 7) is 2.75. The molecule has 12 heavy (non-hydrogen) atoms. The Hall–Kier alpha value is -1.24. The molecule has 0 bridgehead atoms. The van der Waals surface area contributed by atoms with Gasteiger partial charge in [-0.15, -0.1) is 0 Å². The van der Waals surface area contributed by atoms with Crippen molar-refractivity contribution in [2.45, 2.75) is 13.3 Å². The van der Waals surface area contributed by atoms with Crippen LogP contribution < -0.4 is 4.74 Å². The predicted molar refractivity (Wildman–Crippen MR) is 50.3 cm³/mol. The number of benzene rings is 1. The largest absolute Gasteiger partial charge is 0.493 e. The number of hydrogen-bond acceptors (Lipinski definition) is 1. The van der Waals surface area contributed by atoms with Crippen molar-refractivity contribution in [3.63, 3.8) is 0 Å². The molecule has 0 unspecified atom stereocenters. The highest BCUT2D eigenvalue weighted by Crippen LogP contribution is 2.28. The first kappa shape index (κ1) is 7.41. The van der Waals surface area contributed by atoms with Crippen LogP contribution in [0, 0.1) is 0 Å². The Morgan fingerprint density at radius 3 is 3.17 bits per heavy atom. The average Bonchev–Trinajstić information content (AvgIpc) is 2.53. The van der Waals surface area contributed by atoms with Crippen molar-refractivity contribution in [2.24, 2.45) is 0 Å². The van der Waals surface area contributed by atoms with Gasteiger partial charge >= 0.3 is 0 Å². The van der Waals surface area contributed by atoms with E-state index in [0.717, 1.165) is 18.8 Å². The minimum atomic E-state index is 0.740. The minimum absolute atomic E-state index is 0.740. The molecule has 0 radical (unpaired) electrons. The maximum atomic E-state index is 5.50. The van der Waals surface area contributed by atoms with E-state index in [4.69, 9.17) is 4.74 Å². The fourth-order valence-corrected chi connectivity index (χ4v) is 1.54. The summed E-state index contributed by atoms with van der Waals surface area (Å²) in [5, 5.41) is 0. The molecule has 1 aliphatic carbocycles. The molecule has 0 saturated heterocycles. The number of ether oxygens (including phenoxy) is 1. The van der Waals surface area contributed by atoms with Gasteiger partial charge in [0.2, 0.25) is 0 Å². The van der Waals surface area contributed by atoms with Crippen molar-refractivity contribution in [3.8, 4) is 5.75 Å². The van der Waals surface area contributed by atoms with Crippen molar-refractivity contribution >= 4 is 6.08 Å². The van der Waals surface area contributed by atoms with Crippen LogP contribution in [0.1, 0.15) is 18.1 Å². The molecule has 1 heteroatoms. The van der Waals surface area contributed by atoms with Gasteiger partial charge in [0, 0.05) is 5.56 Å². The van der Waals surface area contributed by atoms with Gasteiger partial charge in [0.25, 0.3) is 0 Å². The maximum absolute atomic E-state index is 5.50. The highest BCUT2D eigenvalue weighted by Gasteiger charge is 2.09. The fourth-order valence-electron chi connectivity index (χ4n) is 1.54. The van der Waals surface area contributed by atoms with E-state index in [-0.39, 0.29) is 0 Å². The zero-order valence-electron chi connectivity index (χ0n) is 7.21. The summed E-state index contributed by atoms with van der Waals surface area (Å²) >= 11 is 0. The molecule has 62 valence electrons. The Morgan fingerprint density at radius 2 is 2.33 bits per heavy atom. The topological polar surface area (TPSA) is 9.23 Å². The summed E-state index contributed by atoms with van der Waals surface area (Å²) in [6.07, 6.45) is 5.36. The Bertz CT molecular complexity index is 313. The molecular formula is C11H12O. The second-order valence-electron chi connectivity index (χ2n) is 2.87.